The molecular weight excluding hydrogens is 354 g/mol. The number of ether oxygens (including phenoxy) is 1. The number of hydrogen-bond donors (Lipinski definition) is 1. The van der Waals surface area contributed by atoms with Gasteiger partial charge in [0.25, 0.3) is 5.91 Å². The summed E-state index contributed by atoms with van der Waals surface area (Å²) in [6, 6.07) is 11.7. The number of amides is 1. The Kier molecular flexibility index (Phi) is 4.25. The summed E-state index contributed by atoms with van der Waals surface area (Å²) in [5.74, 6) is 0.678. The Bertz CT molecular complexity index is 1020. The van der Waals surface area contributed by atoms with Gasteiger partial charge < -0.3 is 10.1 Å². The van der Waals surface area contributed by atoms with Gasteiger partial charge >= 0.3 is 0 Å². The molecule has 0 aliphatic heterocycles. The van der Waals surface area contributed by atoms with Crippen LogP contribution in [0, 0.1) is 0 Å². The predicted molar refractivity (Wildman–Crippen MR) is 101 cm³/mol. The first kappa shape index (κ1) is 15.9. The van der Waals surface area contributed by atoms with Crippen molar-refractivity contribution in [2.24, 2.45) is 0 Å². The van der Waals surface area contributed by atoms with Gasteiger partial charge in [-0.2, -0.15) is 0 Å². The molecule has 0 fully saturated rings. The second-order valence-electron chi connectivity index (χ2n) is 5.39. The van der Waals surface area contributed by atoms with Crippen LogP contribution in [0.4, 0.5) is 0 Å². The number of carbonyl (C=O) groups excluding carboxylic acids is 1. The molecular formula is C18H15N3O2S2. The summed E-state index contributed by atoms with van der Waals surface area (Å²) in [5, 5.41) is 6.79. The molecule has 0 atom stereocenters. The van der Waals surface area contributed by atoms with Crippen molar-refractivity contribution < 1.29 is 9.53 Å². The smallest absolute Gasteiger partial charge is 0.269 e. The van der Waals surface area contributed by atoms with Crippen LogP contribution in [0.25, 0.3) is 16.2 Å². The number of nitrogens with zero attached hydrogens (tertiary/aromatic N) is 2. The van der Waals surface area contributed by atoms with E-state index in [9.17, 15) is 4.79 Å². The molecule has 0 unspecified atom stereocenters. The quantitative estimate of drug-likeness (QED) is 0.577. The van der Waals surface area contributed by atoms with Gasteiger partial charge in [0.15, 0.2) is 4.96 Å². The Labute approximate surface area is 152 Å². The Morgan fingerprint density at radius 2 is 2.20 bits per heavy atom. The first-order valence-electron chi connectivity index (χ1n) is 7.66. The van der Waals surface area contributed by atoms with E-state index in [1.807, 2.05) is 57.8 Å². The lowest BCUT2D eigenvalue weighted by molar-refractivity contribution is 0.0945. The molecule has 0 bridgehead atoms. The lowest BCUT2D eigenvalue weighted by Crippen LogP contribution is -2.23. The van der Waals surface area contributed by atoms with Crippen LogP contribution < -0.4 is 10.1 Å². The van der Waals surface area contributed by atoms with E-state index in [1.54, 1.807) is 18.4 Å². The molecule has 0 aliphatic carbocycles. The number of methoxy groups -OCH3 is 1. The highest BCUT2D eigenvalue weighted by atomic mass is 32.1. The number of thiophene rings is 1. The Morgan fingerprint density at radius 1 is 1.28 bits per heavy atom. The van der Waals surface area contributed by atoms with Gasteiger partial charge in [-0.3, -0.25) is 9.20 Å². The third-order valence-corrected chi connectivity index (χ3v) is 5.53. The summed E-state index contributed by atoms with van der Waals surface area (Å²) in [5.41, 5.74) is 2.37. The van der Waals surface area contributed by atoms with Gasteiger partial charge in [0, 0.05) is 22.0 Å². The third-order valence-electron chi connectivity index (χ3n) is 3.81. The van der Waals surface area contributed by atoms with E-state index >= 15 is 0 Å². The highest BCUT2D eigenvalue weighted by molar-refractivity contribution is 7.15. The number of rotatable bonds is 5. The number of thiazole rings is 1. The molecule has 126 valence electrons. The van der Waals surface area contributed by atoms with Gasteiger partial charge in [-0.05, 0) is 23.6 Å². The van der Waals surface area contributed by atoms with E-state index in [2.05, 4.69) is 10.3 Å². The van der Waals surface area contributed by atoms with Crippen molar-refractivity contribution in [1.82, 2.24) is 14.7 Å². The number of hydrogen-bond acceptors (Lipinski definition) is 5. The molecule has 0 saturated heterocycles. The van der Waals surface area contributed by atoms with Crippen molar-refractivity contribution in [3.63, 3.8) is 0 Å². The van der Waals surface area contributed by atoms with Crippen LogP contribution in [0.5, 0.6) is 5.75 Å². The van der Waals surface area contributed by atoms with Gasteiger partial charge in [-0.25, -0.2) is 4.98 Å². The molecule has 1 aromatic carbocycles. The molecule has 3 heterocycles. The number of fused-ring (bicyclic) bond motifs is 1. The largest absolute Gasteiger partial charge is 0.497 e. The topological polar surface area (TPSA) is 55.6 Å². The maximum Gasteiger partial charge on any atom is 0.269 e. The van der Waals surface area contributed by atoms with Crippen molar-refractivity contribution in [2.75, 3.05) is 7.11 Å². The van der Waals surface area contributed by atoms with Gasteiger partial charge in [0.1, 0.15) is 11.4 Å². The van der Waals surface area contributed by atoms with E-state index in [0.29, 0.717) is 12.2 Å². The Hall–Kier alpha value is -2.64. The normalized spacial score (nSPS) is 10.9. The maximum atomic E-state index is 12.5. The zero-order valence-corrected chi connectivity index (χ0v) is 15.1. The van der Waals surface area contributed by atoms with Gasteiger partial charge in [0.05, 0.1) is 19.3 Å². The summed E-state index contributed by atoms with van der Waals surface area (Å²) in [6.45, 7) is 0.533. The van der Waals surface area contributed by atoms with Crippen LogP contribution in [-0.2, 0) is 6.54 Å². The van der Waals surface area contributed by atoms with E-state index in [-0.39, 0.29) is 5.91 Å². The first-order valence-corrected chi connectivity index (χ1v) is 9.42. The number of imidazole rings is 1. The molecule has 1 amide bonds. The standard InChI is InChI=1S/C18H15N3O2S2/c1-23-13-5-2-4-12(8-13)15-10-21-16(11-25-18(21)20-15)17(22)19-9-14-6-3-7-24-14/h2-8,10-11H,9H2,1H3,(H,19,22). The van der Waals surface area contributed by atoms with E-state index in [0.717, 1.165) is 26.8 Å². The average Bonchev–Trinajstić information content (AvgIpc) is 3.36. The van der Waals surface area contributed by atoms with E-state index < -0.39 is 0 Å². The lowest BCUT2D eigenvalue weighted by atomic mass is 10.1. The molecule has 0 spiro atoms. The number of carbonyl (C=O) groups is 1. The minimum atomic E-state index is -0.103. The Morgan fingerprint density at radius 3 is 3.00 bits per heavy atom. The number of nitrogens with one attached hydrogen (secondary N) is 1. The first-order chi connectivity index (χ1) is 12.2. The SMILES string of the molecule is COc1cccc(-c2cn3c(C(=O)NCc4cccs4)csc3n2)c1. The van der Waals surface area contributed by atoms with Crippen LogP contribution in [0.15, 0.2) is 53.4 Å². The summed E-state index contributed by atoms with van der Waals surface area (Å²) in [7, 11) is 1.64. The van der Waals surface area contributed by atoms with Gasteiger partial charge in [-0.1, -0.05) is 18.2 Å². The molecule has 4 rings (SSSR count). The molecule has 0 saturated carbocycles. The summed E-state index contributed by atoms with van der Waals surface area (Å²) in [4.78, 5) is 19.0. The van der Waals surface area contributed by atoms with Gasteiger partial charge in [0.2, 0.25) is 0 Å². The fourth-order valence-corrected chi connectivity index (χ4v) is 4.04. The zero-order valence-electron chi connectivity index (χ0n) is 13.4. The number of benzene rings is 1. The molecule has 0 aliphatic rings. The van der Waals surface area contributed by atoms with Crippen molar-refractivity contribution in [3.8, 4) is 17.0 Å². The minimum absolute atomic E-state index is 0.103. The van der Waals surface area contributed by atoms with Crippen LogP contribution in [0.2, 0.25) is 0 Å². The van der Waals surface area contributed by atoms with E-state index in [4.69, 9.17) is 4.74 Å². The average molecular weight is 369 g/mol. The van der Waals surface area contributed by atoms with Crippen molar-refractivity contribution in [1.29, 1.82) is 0 Å². The van der Waals surface area contributed by atoms with Gasteiger partial charge in [-0.15, -0.1) is 22.7 Å². The minimum Gasteiger partial charge on any atom is -0.497 e. The van der Waals surface area contributed by atoms with E-state index in [1.165, 1.54) is 11.3 Å². The second-order valence-corrected chi connectivity index (χ2v) is 7.26. The molecule has 0 radical (unpaired) electrons. The summed E-state index contributed by atoms with van der Waals surface area (Å²) < 4.78 is 7.10. The zero-order chi connectivity index (χ0) is 17.2. The Balaban J connectivity index is 1.60. The second kappa shape index (κ2) is 6.70. The number of aromatic nitrogens is 2. The molecule has 25 heavy (non-hydrogen) atoms. The molecule has 5 nitrogen and oxygen atoms in total. The molecule has 7 heteroatoms. The monoisotopic (exact) mass is 369 g/mol. The highest BCUT2D eigenvalue weighted by Crippen LogP contribution is 2.26. The molecule has 4 aromatic rings. The fraction of sp³-hybridized carbons (Fsp3) is 0.111. The predicted octanol–water partition coefficient (Wildman–Crippen LogP) is 4.06. The third kappa shape index (κ3) is 3.16. The molecule has 1 N–H and O–H groups in total. The summed E-state index contributed by atoms with van der Waals surface area (Å²) in [6.07, 6.45) is 1.89. The summed E-state index contributed by atoms with van der Waals surface area (Å²) >= 11 is 3.08. The van der Waals surface area contributed by atoms with Crippen LogP contribution in [0.1, 0.15) is 15.4 Å². The molecule has 3 aromatic heterocycles. The lowest BCUT2D eigenvalue weighted by Gasteiger charge is -2.03. The highest BCUT2D eigenvalue weighted by Gasteiger charge is 2.15. The van der Waals surface area contributed by atoms with Crippen LogP contribution in [0.3, 0.4) is 0 Å². The van der Waals surface area contributed by atoms with Crippen LogP contribution in [-0.4, -0.2) is 22.4 Å². The van der Waals surface area contributed by atoms with Crippen molar-refractivity contribution in [3.05, 3.63) is 63.9 Å². The van der Waals surface area contributed by atoms with Crippen molar-refractivity contribution >= 4 is 33.5 Å². The van der Waals surface area contributed by atoms with Crippen molar-refractivity contribution in [2.45, 2.75) is 6.54 Å². The maximum absolute atomic E-state index is 12.5. The van der Waals surface area contributed by atoms with Crippen LogP contribution >= 0.6 is 22.7 Å². The fourth-order valence-electron chi connectivity index (χ4n) is 2.54.